The largest absolute Gasteiger partial charge is 0.486 e. The van der Waals surface area contributed by atoms with Gasteiger partial charge in [0.05, 0.1) is 10.4 Å². The highest BCUT2D eigenvalue weighted by Crippen LogP contribution is 2.40. The molecule has 3 aromatic rings. The molecule has 1 atom stereocenters. The summed E-state index contributed by atoms with van der Waals surface area (Å²) in [6.07, 6.45) is 0.558. The van der Waals surface area contributed by atoms with Gasteiger partial charge in [-0.15, -0.1) is 11.3 Å². The Morgan fingerprint density at radius 2 is 2.16 bits per heavy atom. The van der Waals surface area contributed by atoms with E-state index in [0.29, 0.717) is 18.1 Å². The molecule has 2 heterocycles. The lowest BCUT2D eigenvalue weighted by molar-refractivity contribution is 0.0986. The minimum absolute atomic E-state index is 0.164. The molecule has 0 unspecified atom stereocenters. The second-order valence-electron chi connectivity index (χ2n) is 6.49. The standard InChI is InChI=1S/C20H19NO3S/c1-11-6-7-16(19-15(22)9-12(2)18(11)19)23-10-14-13(3)24-20(21-14)17-5-4-8-25-17/h4-8,12H,9-10H2,1-3H3/t12-/m0/s1. The Bertz CT molecular complexity index is 940. The number of ketones is 1. The predicted octanol–water partition coefficient (Wildman–Crippen LogP) is 5.29. The Labute approximate surface area is 150 Å². The molecule has 1 aliphatic rings. The number of fused-ring (bicyclic) bond motifs is 1. The van der Waals surface area contributed by atoms with Gasteiger partial charge in [0.15, 0.2) is 5.78 Å². The zero-order valence-electron chi connectivity index (χ0n) is 14.5. The predicted molar refractivity (Wildman–Crippen MR) is 97.4 cm³/mol. The average Bonchev–Trinajstić information content (AvgIpc) is 3.28. The molecule has 0 N–H and O–H groups in total. The fourth-order valence-electron chi connectivity index (χ4n) is 3.44. The zero-order chi connectivity index (χ0) is 17.6. The lowest BCUT2D eigenvalue weighted by Crippen LogP contribution is -2.03. The first-order valence-electron chi connectivity index (χ1n) is 8.34. The molecule has 1 aromatic carbocycles. The van der Waals surface area contributed by atoms with E-state index in [9.17, 15) is 4.79 Å². The molecule has 0 saturated carbocycles. The highest BCUT2D eigenvalue weighted by atomic mass is 32.1. The van der Waals surface area contributed by atoms with Gasteiger partial charge in [0.1, 0.15) is 23.8 Å². The van der Waals surface area contributed by atoms with Crippen molar-refractivity contribution in [3.05, 3.63) is 57.8 Å². The van der Waals surface area contributed by atoms with Crippen LogP contribution in [0.3, 0.4) is 0 Å². The van der Waals surface area contributed by atoms with Crippen molar-refractivity contribution in [3.8, 4) is 16.5 Å². The molecule has 0 spiro atoms. The van der Waals surface area contributed by atoms with Crippen molar-refractivity contribution in [1.29, 1.82) is 0 Å². The number of Topliss-reactive ketones (excluding diaryl/α,β-unsaturated/α-hetero) is 1. The molecule has 5 heteroatoms. The van der Waals surface area contributed by atoms with E-state index in [0.717, 1.165) is 33.0 Å². The normalized spacial score (nSPS) is 16.3. The van der Waals surface area contributed by atoms with Gasteiger partial charge in [-0.1, -0.05) is 19.1 Å². The first-order chi connectivity index (χ1) is 12.0. The molecule has 128 valence electrons. The van der Waals surface area contributed by atoms with Gasteiger partial charge in [0.2, 0.25) is 5.89 Å². The average molecular weight is 353 g/mol. The Kier molecular flexibility index (Phi) is 3.96. The van der Waals surface area contributed by atoms with E-state index in [1.807, 2.05) is 43.5 Å². The molecular weight excluding hydrogens is 334 g/mol. The van der Waals surface area contributed by atoms with Crippen LogP contribution in [0.4, 0.5) is 0 Å². The maximum Gasteiger partial charge on any atom is 0.236 e. The Morgan fingerprint density at radius 1 is 1.32 bits per heavy atom. The molecule has 4 nitrogen and oxygen atoms in total. The van der Waals surface area contributed by atoms with Gasteiger partial charge in [0.25, 0.3) is 0 Å². The molecule has 1 aliphatic carbocycles. The molecule has 0 saturated heterocycles. The Morgan fingerprint density at radius 3 is 2.92 bits per heavy atom. The van der Waals surface area contributed by atoms with Crippen molar-refractivity contribution in [1.82, 2.24) is 4.98 Å². The number of ether oxygens (including phenoxy) is 1. The van der Waals surface area contributed by atoms with Crippen LogP contribution in [-0.4, -0.2) is 10.8 Å². The first-order valence-corrected chi connectivity index (χ1v) is 9.22. The van der Waals surface area contributed by atoms with Gasteiger partial charge in [-0.05, 0) is 48.4 Å². The monoisotopic (exact) mass is 353 g/mol. The van der Waals surface area contributed by atoms with Gasteiger partial charge < -0.3 is 9.15 Å². The summed E-state index contributed by atoms with van der Waals surface area (Å²) in [6.45, 7) is 6.32. The molecular formula is C20H19NO3S. The summed E-state index contributed by atoms with van der Waals surface area (Å²) in [7, 11) is 0. The summed E-state index contributed by atoms with van der Waals surface area (Å²) in [5.41, 5.74) is 3.78. The van der Waals surface area contributed by atoms with E-state index in [1.54, 1.807) is 11.3 Å². The number of hydrogen-bond donors (Lipinski definition) is 0. The molecule has 0 fully saturated rings. The van der Waals surface area contributed by atoms with Crippen LogP contribution >= 0.6 is 11.3 Å². The van der Waals surface area contributed by atoms with Crippen LogP contribution in [0.2, 0.25) is 0 Å². The molecule has 2 aromatic heterocycles. The van der Waals surface area contributed by atoms with Gasteiger partial charge in [0, 0.05) is 6.42 Å². The smallest absolute Gasteiger partial charge is 0.236 e. The highest BCUT2D eigenvalue weighted by molar-refractivity contribution is 7.13. The summed E-state index contributed by atoms with van der Waals surface area (Å²) in [5.74, 6) is 2.43. The highest BCUT2D eigenvalue weighted by Gasteiger charge is 2.31. The molecule has 0 aliphatic heterocycles. The molecule has 0 bridgehead atoms. The van der Waals surface area contributed by atoms with Crippen molar-refractivity contribution in [3.63, 3.8) is 0 Å². The number of carbonyl (C=O) groups is 1. The van der Waals surface area contributed by atoms with E-state index < -0.39 is 0 Å². The minimum Gasteiger partial charge on any atom is -0.486 e. The Balaban J connectivity index is 1.60. The van der Waals surface area contributed by atoms with Gasteiger partial charge in [-0.3, -0.25) is 4.79 Å². The Hall–Kier alpha value is -2.40. The third-order valence-electron chi connectivity index (χ3n) is 4.68. The second-order valence-corrected chi connectivity index (χ2v) is 7.43. The van der Waals surface area contributed by atoms with E-state index in [-0.39, 0.29) is 18.3 Å². The number of aryl methyl sites for hydroxylation is 2. The number of oxazole rings is 1. The van der Waals surface area contributed by atoms with Crippen molar-refractivity contribution < 1.29 is 13.9 Å². The fourth-order valence-corrected chi connectivity index (χ4v) is 4.09. The van der Waals surface area contributed by atoms with Crippen LogP contribution in [0.5, 0.6) is 5.75 Å². The number of benzene rings is 1. The van der Waals surface area contributed by atoms with E-state index in [4.69, 9.17) is 9.15 Å². The minimum atomic E-state index is 0.164. The van der Waals surface area contributed by atoms with E-state index in [2.05, 4.69) is 11.9 Å². The third-order valence-corrected chi connectivity index (χ3v) is 5.54. The lowest BCUT2D eigenvalue weighted by Gasteiger charge is -2.12. The van der Waals surface area contributed by atoms with Crippen LogP contribution in [-0.2, 0) is 6.61 Å². The molecule has 0 amide bonds. The number of aromatic nitrogens is 1. The molecule has 4 rings (SSSR count). The van der Waals surface area contributed by atoms with Gasteiger partial charge in [-0.2, -0.15) is 0 Å². The van der Waals surface area contributed by atoms with Crippen molar-refractivity contribution in [2.24, 2.45) is 0 Å². The van der Waals surface area contributed by atoms with Crippen LogP contribution in [0.15, 0.2) is 34.1 Å². The zero-order valence-corrected chi connectivity index (χ0v) is 15.3. The third kappa shape index (κ3) is 2.78. The van der Waals surface area contributed by atoms with Crippen LogP contribution in [0.1, 0.15) is 52.2 Å². The maximum absolute atomic E-state index is 12.4. The summed E-state index contributed by atoms with van der Waals surface area (Å²) in [6, 6.07) is 7.86. The topological polar surface area (TPSA) is 52.3 Å². The molecule has 0 radical (unpaired) electrons. The van der Waals surface area contributed by atoms with Crippen LogP contribution in [0.25, 0.3) is 10.8 Å². The number of rotatable bonds is 4. The number of carbonyl (C=O) groups excluding carboxylic acids is 1. The summed E-state index contributed by atoms with van der Waals surface area (Å²) >= 11 is 1.59. The van der Waals surface area contributed by atoms with Gasteiger partial charge >= 0.3 is 0 Å². The first kappa shape index (κ1) is 16.1. The van der Waals surface area contributed by atoms with Crippen molar-refractivity contribution in [2.75, 3.05) is 0 Å². The van der Waals surface area contributed by atoms with Crippen LogP contribution < -0.4 is 4.74 Å². The van der Waals surface area contributed by atoms with Gasteiger partial charge in [-0.25, -0.2) is 4.98 Å². The lowest BCUT2D eigenvalue weighted by atomic mass is 9.97. The summed E-state index contributed by atoms with van der Waals surface area (Å²) in [5, 5.41) is 1.99. The number of nitrogens with zero attached hydrogens (tertiary/aromatic N) is 1. The second kappa shape index (κ2) is 6.15. The number of hydrogen-bond acceptors (Lipinski definition) is 5. The quantitative estimate of drug-likeness (QED) is 0.639. The number of thiophene rings is 1. The fraction of sp³-hybridized carbons (Fsp3) is 0.300. The molecule has 25 heavy (non-hydrogen) atoms. The summed E-state index contributed by atoms with van der Waals surface area (Å²) < 4.78 is 11.7. The van der Waals surface area contributed by atoms with E-state index in [1.165, 1.54) is 0 Å². The van der Waals surface area contributed by atoms with Crippen molar-refractivity contribution >= 4 is 17.1 Å². The SMILES string of the molecule is Cc1ccc(OCc2nc(-c3cccs3)oc2C)c2c1[C@@H](C)CC2=O. The van der Waals surface area contributed by atoms with E-state index >= 15 is 0 Å². The summed E-state index contributed by atoms with van der Waals surface area (Å²) in [4.78, 5) is 17.9. The van der Waals surface area contributed by atoms with Crippen LogP contribution in [0, 0.1) is 13.8 Å². The maximum atomic E-state index is 12.4. The van der Waals surface area contributed by atoms with Crippen molar-refractivity contribution in [2.45, 2.75) is 39.7 Å².